The molecule has 2 amide bonds. The number of anilines is 3. The highest BCUT2D eigenvalue weighted by Gasteiger charge is 2.42. The molecule has 41 heavy (non-hydrogen) atoms. The van der Waals surface area contributed by atoms with Gasteiger partial charge in [-0.15, -0.1) is 0 Å². The van der Waals surface area contributed by atoms with Gasteiger partial charge >= 0.3 is 6.03 Å². The van der Waals surface area contributed by atoms with E-state index in [1.54, 1.807) is 23.2 Å². The molecule has 2 aliphatic rings. The van der Waals surface area contributed by atoms with Crippen molar-refractivity contribution in [3.05, 3.63) is 71.6 Å². The normalized spacial score (nSPS) is 19.1. The molecule has 6 rings (SSSR count). The Labute approximate surface area is 233 Å². The van der Waals surface area contributed by atoms with E-state index in [2.05, 4.69) is 40.8 Å². The number of aryl methyl sites for hydroxylation is 1. The summed E-state index contributed by atoms with van der Waals surface area (Å²) in [5.41, 5.74) is 1.49. The number of amides is 2. The molecule has 0 aliphatic carbocycles. The summed E-state index contributed by atoms with van der Waals surface area (Å²) < 4.78 is 42.2. The minimum Gasteiger partial charge on any atom is -0.347 e. The minimum atomic E-state index is -2.66. The van der Waals surface area contributed by atoms with Crippen LogP contribution in [-0.2, 0) is 0 Å². The van der Waals surface area contributed by atoms with E-state index in [9.17, 15) is 18.0 Å². The molecule has 214 valence electrons. The molecule has 4 aromatic heterocycles. The van der Waals surface area contributed by atoms with E-state index in [0.29, 0.717) is 30.5 Å². The van der Waals surface area contributed by atoms with E-state index in [-0.39, 0.29) is 35.5 Å². The number of aromatic nitrogens is 6. The average molecular weight is 567 g/mol. The molecule has 0 spiro atoms. The van der Waals surface area contributed by atoms with Crippen molar-refractivity contribution in [2.45, 2.75) is 51.2 Å². The van der Waals surface area contributed by atoms with Gasteiger partial charge in [0.15, 0.2) is 17.5 Å². The van der Waals surface area contributed by atoms with Crippen LogP contribution in [0.1, 0.15) is 49.1 Å². The first-order valence-corrected chi connectivity index (χ1v) is 13.3. The zero-order valence-corrected chi connectivity index (χ0v) is 22.4. The van der Waals surface area contributed by atoms with Crippen molar-refractivity contribution < 1.29 is 18.0 Å². The summed E-state index contributed by atoms with van der Waals surface area (Å²) in [6.45, 7) is 4.60. The molecule has 3 N–H and O–H groups in total. The van der Waals surface area contributed by atoms with Crippen LogP contribution >= 0.6 is 0 Å². The van der Waals surface area contributed by atoms with Gasteiger partial charge in [0.2, 0.25) is 0 Å². The number of alkyl halides is 2. The van der Waals surface area contributed by atoms with Crippen LogP contribution in [0.3, 0.4) is 0 Å². The Balaban J connectivity index is 1.13. The molecule has 0 aromatic carbocycles. The number of rotatable bonds is 7. The third-order valence-electron chi connectivity index (χ3n) is 7.48. The number of hydrogen-bond donors (Lipinski definition) is 3. The predicted octanol–water partition coefficient (Wildman–Crippen LogP) is 4.64. The van der Waals surface area contributed by atoms with Crippen LogP contribution in [0.5, 0.6) is 0 Å². The number of carbonyl (C=O) groups excluding carboxylic acids is 1. The van der Waals surface area contributed by atoms with E-state index in [1.807, 2.05) is 19.9 Å². The number of likely N-dealkylation sites (tertiary alicyclic amines) is 1. The number of halogens is 3. The molecule has 6 heterocycles. The van der Waals surface area contributed by atoms with Crippen LogP contribution in [0.15, 0.2) is 48.9 Å². The Morgan fingerprint density at radius 1 is 1.05 bits per heavy atom. The predicted molar refractivity (Wildman–Crippen MR) is 145 cm³/mol. The maximum absolute atomic E-state index is 13.8. The highest BCUT2D eigenvalue weighted by molar-refractivity contribution is 5.75. The van der Waals surface area contributed by atoms with E-state index in [0.717, 1.165) is 30.3 Å². The second-order valence-electron chi connectivity index (χ2n) is 10.4. The number of urea groups is 1. The fraction of sp³-hybridized carbons (Fsp3) is 0.370. The summed E-state index contributed by atoms with van der Waals surface area (Å²) in [5, 5.41) is 16.9. The number of carbonyl (C=O) groups is 1. The Bertz CT molecular complexity index is 1520. The molecule has 2 bridgehead atoms. The summed E-state index contributed by atoms with van der Waals surface area (Å²) in [6, 6.07) is 7.42. The fourth-order valence-electron chi connectivity index (χ4n) is 5.49. The Morgan fingerprint density at radius 3 is 2.44 bits per heavy atom. The van der Waals surface area contributed by atoms with Crippen LogP contribution in [0.4, 0.5) is 35.4 Å². The van der Waals surface area contributed by atoms with E-state index in [4.69, 9.17) is 0 Å². The standard InChI is InChI=1S/C27H29F3N10O/c1-15-7-23(37-36-15)34-22-8-18(26(29)30)9-25(35-22)40-20-4-5-21(40)14-38(13-20)27(41)33-16(2)17-3-6-24(31-10-17)39-12-19(28)11-32-39/h3,6-12,16,20-21,26H,4-5,13-14H2,1-2H3,(H,33,41)(H2,34,35,36,37)/t16-,20-,21+/m0/s1. The monoisotopic (exact) mass is 566 g/mol. The lowest BCUT2D eigenvalue weighted by atomic mass is 10.1. The van der Waals surface area contributed by atoms with Crippen LogP contribution in [0.2, 0.25) is 0 Å². The van der Waals surface area contributed by atoms with Crippen molar-refractivity contribution in [1.82, 2.24) is 40.2 Å². The molecule has 3 atom stereocenters. The fourth-order valence-corrected chi connectivity index (χ4v) is 5.49. The summed E-state index contributed by atoms with van der Waals surface area (Å²) >= 11 is 0. The van der Waals surface area contributed by atoms with Gasteiger partial charge < -0.3 is 20.4 Å². The van der Waals surface area contributed by atoms with Crippen molar-refractivity contribution >= 4 is 23.5 Å². The number of nitrogens with zero attached hydrogens (tertiary/aromatic N) is 7. The van der Waals surface area contributed by atoms with Gasteiger partial charge in [0.1, 0.15) is 11.6 Å². The molecule has 2 fully saturated rings. The second kappa shape index (κ2) is 10.7. The largest absolute Gasteiger partial charge is 0.347 e. The highest BCUT2D eigenvalue weighted by Crippen LogP contribution is 2.37. The molecule has 2 saturated heterocycles. The molecule has 0 saturated carbocycles. The van der Waals surface area contributed by atoms with Gasteiger partial charge in [0.25, 0.3) is 6.43 Å². The smallest absolute Gasteiger partial charge is 0.318 e. The number of H-pyrrole nitrogens is 1. The molecular weight excluding hydrogens is 537 g/mol. The number of piperazine rings is 1. The first-order valence-electron chi connectivity index (χ1n) is 13.3. The highest BCUT2D eigenvalue weighted by atomic mass is 19.3. The van der Waals surface area contributed by atoms with Crippen molar-refractivity contribution in [3.63, 3.8) is 0 Å². The number of aromatic amines is 1. The Hall–Kier alpha value is -4.62. The van der Waals surface area contributed by atoms with Crippen molar-refractivity contribution in [2.75, 3.05) is 23.3 Å². The van der Waals surface area contributed by atoms with Gasteiger partial charge in [-0.25, -0.2) is 32.6 Å². The number of nitrogens with one attached hydrogen (secondary N) is 3. The lowest BCUT2D eigenvalue weighted by Gasteiger charge is -2.42. The van der Waals surface area contributed by atoms with E-state index in [1.165, 1.54) is 23.0 Å². The quantitative estimate of drug-likeness (QED) is 0.298. The summed E-state index contributed by atoms with van der Waals surface area (Å²) in [6.07, 6.45) is 2.95. The van der Waals surface area contributed by atoms with Gasteiger partial charge in [-0.2, -0.15) is 10.2 Å². The molecule has 14 heteroatoms. The maximum Gasteiger partial charge on any atom is 0.318 e. The molecular formula is C27H29F3N10O. The van der Waals surface area contributed by atoms with Crippen LogP contribution in [0.25, 0.3) is 5.82 Å². The van der Waals surface area contributed by atoms with E-state index >= 15 is 0 Å². The molecule has 4 aromatic rings. The molecule has 0 radical (unpaired) electrons. The summed E-state index contributed by atoms with van der Waals surface area (Å²) in [4.78, 5) is 26.0. The molecule has 0 unspecified atom stereocenters. The third-order valence-corrected chi connectivity index (χ3v) is 7.48. The third kappa shape index (κ3) is 5.54. The van der Waals surface area contributed by atoms with Gasteiger partial charge in [-0.05, 0) is 50.5 Å². The lowest BCUT2D eigenvalue weighted by molar-refractivity contribution is 0.151. The van der Waals surface area contributed by atoms with E-state index < -0.39 is 12.2 Å². The number of pyridine rings is 2. The van der Waals surface area contributed by atoms with Crippen molar-refractivity contribution in [2.24, 2.45) is 0 Å². The van der Waals surface area contributed by atoms with Crippen molar-refractivity contribution in [3.8, 4) is 5.82 Å². The topological polar surface area (TPSA) is 120 Å². The second-order valence-corrected chi connectivity index (χ2v) is 10.4. The van der Waals surface area contributed by atoms with Crippen LogP contribution in [-0.4, -0.2) is 66.1 Å². The average Bonchev–Trinajstić information content (AvgIpc) is 3.65. The Morgan fingerprint density at radius 2 is 1.83 bits per heavy atom. The van der Waals surface area contributed by atoms with Gasteiger partial charge in [0, 0.05) is 48.7 Å². The zero-order valence-electron chi connectivity index (χ0n) is 22.4. The zero-order chi connectivity index (χ0) is 28.7. The summed E-state index contributed by atoms with van der Waals surface area (Å²) in [5.74, 6) is 1.25. The maximum atomic E-state index is 13.8. The SMILES string of the molecule is Cc1cc(Nc2cc(C(F)F)cc(N3[C@@H]4CC[C@H]3CN(C(=O)N[C@@H](C)c3ccc(-n5cc(F)cn5)nc3)C4)n2)n[nH]1. The minimum absolute atomic E-state index is 0.0499. The van der Waals surface area contributed by atoms with Gasteiger partial charge in [-0.1, -0.05) is 6.07 Å². The Kier molecular flexibility index (Phi) is 6.97. The number of hydrogen-bond acceptors (Lipinski definition) is 7. The molecule has 11 nitrogen and oxygen atoms in total. The van der Waals surface area contributed by atoms with Crippen LogP contribution in [0, 0.1) is 12.7 Å². The summed E-state index contributed by atoms with van der Waals surface area (Å²) in [7, 11) is 0. The molecule has 2 aliphatic heterocycles. The lowest BCUT2D eigenvalue weighted by Crippen LogP contribution is -2.57. The van der Waals surface area contributed by atoms with Crippen LogP contribution < -0.4 is 15.5 Å². The first-order chi connectivity index (χ1) is 19.7. The van der Waals surface area contributed by atoms with Gasteiger partial charge in [-0.3, -0.25) is 5.10 Å². The first kappa shape index (κ1) is 26.6. The van der Waals surface area contributed by atoms with Crippen molar-refractivity contribution in [1.29, 1.82) is 0 Å². The number of fused-ring (bicyclic) bond motifs is 2. The van der Waals surface area contributed by atoms with Gasteiger partial charge in [0.05, 0.1) is 18.4 Å².